The topological polar surface area (TPSA) is 135 Å². The second-order valence-electron chi connectivity index (χ2n) is 7.10. The number of methoxy groups -OCH3 is 1. The number of nitrogens with zero attached hydrogens (tertiary/aromatic N) is 2. The fraction of sp³-hybridized carbons (Fsp3) is 0.850. The van der Waals surface area contributed by atoms with Gasteiger partial charge < -0.3 is 40.9 Å². The zero-order valence-electron chi connectivity index (χ0n) is 19.3. The molecule has 0 spiro atoms. The van der Waals surface area contributed by atoms with Gasteiger partial charge in [0.1, 0.15) is 0 Å². The van der Waals surface area contributed by atoms with Crippen molar-refractivity contribution in [2.75, 3.05) is 79.1 Å². The number of hydrogen-bond donors (Lipinski definition) is 5. The maximum absolute atomic E-state index is 11.7. The van der Waals surface area contributed by atoms with Crippen LogP contribution in [0.15, 0.2) is 0 Å². The number of carbonyl (C=O) groups excluding carboxylic acids is 3. The van der Waals surface area contributed by atoms with Gasteiger partial charge in [0.2, 0.25) is 12.8 Å². The Morgan fingerprint density at radius 2 is 1.39 bits per heavy atom. The van der Waals surface area contributed by atoms with Crippen molar-refractivity contribution in [1.29, 1.82) is 0 Å². The number of aliphatic hydroxyl groups excluding tert-OH is 1. The van der Waals surface area contributed by atoms with Crippen molar-refractivity contribution in [2.24, 2.45) is 0 Å². The Labute approximate surface area is 186 Å². The summed E-state index contributed by atoms with van der Waals surface area (Å²) in [6, 6.07) is -0.516. The number of rotatable bonds is 22. The van der Waals surface area contributed by atoms with Crippen molar-refractivity contribution in [3.05, 3.63) is 0 Å². The van der Waals surface area contributed by atoms with Crippen LogP contribution >= 0.6 is 0 Å². The van der Waals surface area contributed by atoms with Gasteiger partial charge in [-0.15, -0.1) is 0 Å². The number of likely N-dealkylation sites (N-methyl/N-ethyl adjacent to an activating group) is 2. The molecule has 2 unspecified atom stereocenters. The van der Waals surface area contributed by atoms with Crippen molar-refractivity contribution in [2.45, 2.75) is 32.4 Å². The molecule has 0 heterocycles. The Morgan fingerprint density at radius 3 is 1.84 bits per heavy atom. The molecule has 5 N–H and O–H groups in total. The lowest BCUT2D eigenvalue weighted by Gasteiger charge is -2.26. The zero-order chi connectivity index (χ0) is 23.3. The number of ether oxygens (including phenoxy) is 1. The smallest absolute Gasteiger partial charge is 0.307 e. The molecule has 0 saturated carbocycles. The number of nitrogens with one attached hydrogen (secondary N) is 4. The molecular formula is C20H42N6O5. The molecule has 0 aliphatic rings. The van der Waals surface area contributed by atoms with Crippen molar-refractivity contribution in [3.8, 4) is 0 Å². The predicted octanol–water partition coefficient (Wildman–Crippen LogP) is -2.41. The van der Waals surface area contributed by atoms with Crippen LogP contribution in [0.1, 0.15) is 20.3 Å². The second-order valence-corrected chi connectivity index (χ2v) is 7.10. The summed E-state index contributed by atoms with van der Waals surface area (Å²) in [7, 11) is 1.31. The largest absolute Gasteiger partial charge is 0.469 e. The molecule has 2 amide bonds. The van der Waals surface area contributed by atoms with Crippen molar-refractivity contribution in [3.63, 3.8) is 0 Å². The van der Waals surface area contributed by atoms with E-state index in [0.717, 1.165) is 32.5 Å². The van der Waals surface area contributed by atoms with Crippen molar-refractivity contribution < 1.29 is 24.2 Å². The minimum absolute atomic E-state index is 0.0149. The van der Waals surface area contributed by atoms with Crippen LogP contribution in [0.4, 0.5) is 0 Å². The minimum atomic E-state index is -0.836. The molecule has 31 heavy (non-hydrogen) atoms. The summed E-state index contributed by atoms with van der Waals surface area (Å²) < 4.78 is 4.73. The Morgan fingerprint density at radius 1 is 0.903 bits per heavy atom. The lowest BCUT2D eigenvalue weighted by atomic mass is 10.1. The Bertz CT molecular complexity index is 471. The van der Waals surface area contributed by atoms with E-state index in [-0.39, 0.29) is 13.0 Å². The standard InChI is InChI=1S/C20H42N6O5/c1-4-21-6-10-25(16-27)12-8-23-15-19(29)18(14-20(30)31-3)24-9-13-26(17-28)11-7-22-5-2/h16-19,21-24,29H,4-15H2,1-3H3. The average Bonchev–Trinajstić information content (AvgIpc) is 2.78. The van der Waals surface area contributed by atoms with Crippen LogP contribution in [0.5, 0.6) is 0 Å². The van der Waals surface area contributed by atoms with Crippen LogP contribution in [-0.4, -0.2) is 125 Å². The number of carbonyl (C=O) groups is 3. The molecule has 0 fully saturated rings. The quantitative estimate of drug-likeness (QED) is 0.0700. The van der Waals surface area contributed by atoms with E-state index in [9.17, 15) is 19.5 Å². The van der Waals surface area contributed by atoms with Gasteiger partial charge in [0.25, 0.3) is 0 Å². The summed E-state index contributed by atoms with van der Waals surface area (Å²) in [5.41, 5.74) is 0. The molecule has 2 atom stereocenters. The van der Waals surface area contributed by atoms with Crippen LogP contribution in [0.3, 0.4) is 0 Å². The molecular weight excluding hydrogens is 404 g/mol. The van der Waals surface area contributed by atoms with E-state index in [2.05, 4.69) is 21.3 Å². The zero-order valence-corrected chi connectivity index (χ0v) is 19.3. The van der Waals surface area contributed by atoms with Gasteiger partial charge in [0.05, 0.1) is 19.6 Å². The number of amides is 2. The monoisotopic (exact) mass is 446 g/mol. The van der Waals surface area contributed by atoms with E-state index < -0.39 is 18.1 Å². The Hall–Kier alpha value is -1.79. The van der Waals surface area contributed by atoms with E-state index in [1.807, 2.05) is 13.8 Å². The molecule has 0 aromatic rings. The van der Waals surface area contributed by atoms with Crippen LogP contribution in [0, 0.1) is 0 Å². The van der Waals surface area contributed by atoms with Crippen molar-refractivity contribution >= 4 is 18.8 Å². The van der Waals surface area contributed by atoms with E-state index in [1.54, 1.807) is 9.80 Å². The lowest BCUT2D eigenvalue weighted by molar-refractivity contribution is -0.142. The Kier molecular flexibility index (Phi) is 19.0. The second kappa shape index (κ2) is 20.1. The summed E-state index contributed by atoms with van der Waals surface area (Å²) in [6.07, 6.45) is 0.783. The fourth-order valence-corrected chi connectivity index (χ4v) is 2.85. The third-order valence-corrected chi connectivity index (χ3v) is 4.76. The highest BCUT2D eigenvalue weighted by molar-refractivity contribution is 5.70. The average molecular weight is 447 g/mol. The van der Waals surface area contributed by atoms with Gasteiger partial charge in [0, 0.05) is 64.9 Å². The Balaban J connectivity index is 4.40. The summed E-state index contributed by atoms with van der Waals surface area (Å²) in [5.74, 6) is -0.425. The molecule has 0 bridgehead atoms. The summed E-state index contributed by atoms with van der Waals surface area (Å²) >= 11 is 0. The molecule has 0 aromatic carbocycles. The fourth-order valence-electron chi connectivity index (χ4n) is 2.85. The van der Waals surface area contributed by atoms with Gasteiger partial charge in [-0.3, -0.25) is 14.4 Å². The van der Waals surface area contributed by atoms with Crippen molar-refractivity contribution in [1.82, 2.24) is 31.1 Å². The van der Waals surface area contributed by atoms with Gasteiger partial charge in [-0.25, -0.2) is 0 Å². The first-order valence-corrected chi connectivity index (χ1v) is 11.0. The first-order valence-electron chi connectivity index (χ1n) is 11.0. The highest BCUT2D eigenvalue weighted by atomic mass is 16.5. The molecule has 182 valence electrons. The first kappa shape index (κ1) is 29.2. The third kappa shape index (κ3) is 15.6. The van der Waals surface area contributed by atoms with Crippen LogP contribution in [-0.2, 0) is 19.1 Å². The normalized spacial score (nSPS) is 12.8. The maximum atomic E-state index is 11.7. The molecule has 0 rings (SSSR count). The molecule has 0 saturated heterocycles. The van der Waals surface area contributed by atoms with E-state index >= 15 is 0 Å². The van der Waals surface area contributed by atoms with E-state index in [0.29, 0.717) is 45.8 Å². The van der Waals surface area contributed by atoms with E-state index in [4.69, 9.17) is 4.74 Å². The van der Waals surface area contributed by atoms with Gasteiger partial charge in [0.15, 0.2) is 0 Å². The SMILES string of the molecule is CCNCCN(C=O)CCNCC(O)C(CC(=O)OC)NCCN(C=O)CCNCC. The van der Waals surface area contributed by atoms with Crippen LogP contribution in [0.2, 0.25) is 0 Å². The lowest BCUT2D eigenvalue weighted by Crippen LogP contribution is -2.49. The first-order chi connectivity index (χ1) is 15.0. The number of esters is 1. The third-order valence-electron chi connectivity index (χ3n) is 4.76. The van der Waals surface area contributed by atoms with Crippen LogP contribution in [0.25, 0.3) is 0 Å². The molecule has 0 radical (unpaired) electrons. The summed E-state index contributed by atoms with van der Waals surface area (Å²) in [5, 5.41) is 23.1. The molecule has 11 heteroatoms. The molecule has 0 aromatic heterocycles. The highest BCUT2D eigenvalue weighted by Crippen LogP contribution is 2.01. The molecule has 0 aliphatic heterocycles. The summed E-state index contributed by atoms with van der Waals surface area (Å²) in [4.78, 5) is 37.3. The van der Waals surface area contributed by atoms with Gasteiger partial charge in [-0.05, 0) is 13.1 Å². The number of aliphatic hydroxyl groups is 1. The van der Waals surface area contributed by atoms with E-state index in [1.165, 1.54) is 7.11 Å². The van der Waals surface area contributed by atoms with Crippen LogP contribution < -0.4 is 21.3 Å². The van der Waals surface area contributed by atoms with Gasteiger partial charge in [-0.2, -0.15) is 0 Å². The highest BCUT2D eigenvalue weighted by Gasteiger charge is 2.22. The molecule has 0 aliphatic carbocycles. The van der Waals surface area contributed by atoms with Gasteiger partial charge >= 0.3 is 5.97 Å². The predicted molar refractivity (Wildman–Crippen MR) is 120 cm³/mol. The minimum Gasteiger partial charge on any atom is -0.469 e. The van der Waals surface area contributed by atoms with Gasteiger partial charge in [-0.1, -0.05) is 13.8 Å². The summed E-state index contributed by atoms with van der Waals surface area (Å²) in [6.45, 7) is 10.6. The number of hydrogen-bond acceptors (Lipinski definition) is 9. The maximum Gasteiger partial charge on any atom is 0.307 e. The molecule has 11 nitrogen and oxygen atoms in total.